The number of ether oxygens (including phenoxy) is 2. The van der Waals surface area contributed by atoms with Gasteiger partial charge in [-0.1, -0.05) is 70.5 Å². The number of nitrogens with zero attached hydrogens (tertiary/aromatic N) is 2. The number of hydrogen-bond donors (Lipinski definition) is 3. The molecule has 0 aliphatic carbocycles. The summed E-state index contributed by atoms with van der Waals surface area (Å²) in [6.45, 7) is 9.09. The minimum absolute atomic E-state index is 0.0406. The first-order valence-electron chi connectivity index (χ1n) is 13.5. The van der Waals surface area contributed by atoms with E-state index in [0.29, 0.717) is 18.0 Å². The Bertz CT molecular complexity index is 1420. The number of anilines is 2. The Balaban J connectivity index is 2.13. The molecule has 0 aliphatic heterocycles. The molecule has 3 rings (SSSR count). The van der Waals surface area contributed by atoms with Gasteiger partial charge < -0.3 is 30.0 Å². The summed E-state index contributed by atoms with van der Waals surface area (Å²) in [5.74, 6) is -1.99. The highest BCUT2D eigenvalue weighted by molar-refractivity contribution is 6.11. The summed E-state index contributed by atoms with van der Waals surface area (Å²) in [5.41, 5.74) is -0.625. The summed E-state index contributed by atoms with van der Waals surface area (Å²) in [6, 6.07) is 11.9. The third-order valence-electron chi connectivity index (χ3n) is 6.25. The normalized spacial score (nSPS) is 11.9. The molecule has 0 radical (unpaired) electrons. The van der Waals surface area contributed by atoms with Crippen LogP contribution in [0.15, 0.2) is 53.3 Å². The lowest BCUT2D eigenvalue weighted by Gasteiger charge is -2.25. The van der Waals surface area contributed by atoms with E-state index < -0.39 is 34.7 Å². The SMILES string of the molecule is CCCCOc1ccc(N[C-]=O)cc1NC(=O)C(C(=O)C(C)(C)C)n1c(O)c(OCC)n(Cc2ccccc2)c1=O. The number of hydrogen-bond acceptors (Lipinski definition) is 7. The van der Waals surface area contributed by atoms with Gasteiger partial charge in [0.25, 0.3) is 17.7 Å². The first-order chi connectivity index (χ1) is 19.5. The zero-order valence-corrected chi connectivity index (χ0v) is 24.0. The zero-order chi connectivity index (χ0) is 30.2. The van der Waals surface area contributed by atoms with Crippen molar-refractivity contribution in [2.24, 2.45) is 5.41 Å². The summed E-state index contributed by atoms with van der Waals surface area (Å²) >= 11 is 0. The Kier molecular flexibility index (Phi) is 10.3. The fraction of sp³-hybridized carbons (Fsp3) is 0.400. The molecule has 0 bridgehead atoms. The lowest BCUT2D eigenvalue weighted by atomic mass is 9.86. The van der Waals surface area contributed by atoms with Gasteiger partial charge in [0.1, 0.15) is 5.75 Å². The molecule has 0 fully saturated rings. The largest absolute Gasteiger partial charge is 0.492 e. The number of aromatic hydroxyl groups is 1. The van der Waals surface area contributed by atoms with Crippen LogP contribution in [0, 0.1) is 5.41 Å². The van der Waals surface area contributed by atoms with Gasteiger partial charge in [-0.25, -0.2) is 9.36 Å². The predicted octanol–water partition coefficient (Wildman–Crippen LogP) is 4.26. The van der Waals surface area contributed by atoms with E-state index in [4.69, 9.17) is 9.47 Å². The maximum Gasteiger partial charge on any atom is 0.335 e. The van der Waals surface area contributed by atoms with Crippen LogP contribution in [0.3, 0.4) is 0 Å². The molecule has 1 unspecified atom stereocenters. The molecule has 1 heterocycles. The average Bonchev–Trinajstić information content (AvgIpc) is 3.15. The number of nitrogens with one attached hydrogen (secondary N) is 2. The van der Waals surface area contributed by atoms with Crippen molar-refractivity contribution in [2.45, 2.75) is 60.0 Å². The Morgan fingerprint density at radius 1 is 1.07 bits per heavy atom. The molecular formula is C30H37N4O7-. The number of rotatable bonds is 14. The van der Waals surface area contributed by atoms with Gasteiger partial charge in [0.2, 0.25) is 0 Å². The summed E-state index contributed by atoms with van der Waals surface area (Å²) in [4.78, 5) is 52.3. The van der Waals surface area contributed by atoms with Crippen molar-refractivity contribution in [3.63, 3.8) is 0 Å². The lowest BCUT2D eigenvalue weighted by Crippen LogP contribution is -2.43. The molecular weight excluding hydrogens is 528 g/mol. The van der Waals surface area contributed by atoms with E-state index in [1.54, 1.807) is 58.4 Å². The highest BCUT2D eigenvalue weighted by Crippen LogP contribution is 2.34. The van der Waals surface area contributed by atoms with Crippen molar-refractivity contribution >= 4 is 29.5 Å². The number of amides is 2. The fourth-order valence-corrected chi connectivity index (χ4v) is 4.13. The van der Waals surface area contributed by atoms with Gasteiger partial charge in [-0.15, -0.1) is 11.8 Å². The summed E-state index contributed by atoms with van der Waals surface area (Å²) < 4.78 is 13.4. The molecule has 41 heavy (non-hydrogen) atoms. The van der Waals surface area contributed by atoms with E-state index >= 15 is 0 Å². The number of carbonyl (C=O) groups excluding carboxylic acids is 3. The molecule has 2 amide bonds. The molecule has 3 aromatic rings. The quantitative estimate of drug-likeness (QED) is 0.115. The Hall–Kier alpha value is -4.54. The number of Topliss-reactive ketones (excluding diaryl/α,β-unsaturated/α-hetero) is 1. The molecule has 2 aromatic carbocycles. The van der Waals surface area contributed by atoms with Crippen molar-refractivity contribution in [1.29, 1.82) is 0 Å². The topological polar surface area (TPSA) is 141 Å². The Morgan fingerprint density at radius 3 is 2.39 bits per heavy atom. The molecule has 0 aliphatic rings. The maximum absolute atomic E-state index is 13.9. The third kappa shape index (κ3) is 7.36. The van der Waals surface area contributed by atoms with Crippen molar-refractivity contribution < 1.29 is 29.0 Å². The molecule has 1 aromatic heterocycles. The summed E-state index contributed by atoms with van der Waals surface area (Å²) in [7, 11) is 0. The first-order valence-corrected chi connectivity index (χ1v) is 13.5. The van der Waals surface area contributed by atoms with Crippen LogP contribution in [0.4, 0.5) is 11.4 Å². The van der Waals surface area contributed by atoms with Crippen LogP contribution >= 0.6 is 0 Å². The van der Waals surface area contributed by atoms with Gasteiger partial charge in [-0.2, -0.15) is 0 Å². The van der Waals surface area contributed by atoms with Crippen LogP contribution in [0.1, 0.15) is 59.1 Å². The number of unbranched alkanes of at least 4 members (excludes halogenated alkanes) is 1. The molecule has 0 spiro atoms. The van der Waals surface area contributed by atoms with Crippen molar-refractivity contribution in [2.75, 3.05) is 23.8 Å². The van der Waals surface area contributed by atoms with E-state index in [1.165, 1.54) is 10.6 Å². The number of ketones is 1. The maximum atomic E-state index is 13.9. The van der Waals surface area contributed by atoms with Crippen LogP contribution in [0.5, 0.6) is 17.5 Å². The average molecular weight is 566 g/mol. The third-order valence-corrected chi connectivity index (χ3v) is 6.25. The second-order valence-electron chi connectivity index (χ2n) is 10.4. The second kappa shape index (κ2) is 13.7. The van der Waals surface area contributed by atoms with Gasteiger partial charge >= 0.3 is 5.69 Å². The standard InChI is InChI=1S/C30H37N4O7/c1-6-8-16-41-23-15-14-21(31-19-35)17-22(23)32-26(37)24(25(36)30(3,4)5)34-27(38)28(40-7-2)33(29(34)39)18-20-12-10-9-11-13-20/h9-15,17,24,38H,6-8,16,18H2,1-5H3,(H,31,35)(H,32,37)/q-1. The van der Waals surface area contributed by atoms with Gasteiger partial charge in [0.15, 0.2) is 11.8 Å². The molecule has 1 atom stereocenters. The smallest absolute Gasteiger partial charge is 0.335 e. The van der Waals surface area contributed by atoms with Crippen LogP contribution in [-0.2, 0) is 20.9 Å². The first kappa shape index (κ1) is 31.0. The highest BCUT2D eigenvalue weighted by atomic mass is 16.5. The Labute approximate surface area is 239 Å². The Morgan fingerprint density at radius 2 is 1.78 bits per heavy atom. The van der Waals surface area contributed by atoms with Gasteiger partial charge in [-0.05, 0) is 25.0 Å². The predicted molar refractivity (Wildman–Crippen MR) is 155 cm³/mol. The summed E-state index contributed by atoms with van der Waals surface area (Å²) in [5, 5.41) is 16.3. The van der Waals surface area contributed by atoms with Crippen molar-refractivity contribution in [1.82, 2.24) is 9.13 Å². The van der Waals surface area contributed by atoms with Gasteiger partial charge in [0, 0.05) is 5.41 Å². The van der Waals surface area contributed by atoms with E-state index in [1.807, 2.05) is 25.1 Å². The lowest BCUT2D eigenvalue weighted by molar-refractivity contribution is -0.135. The molecule has 11 nitrogen and oxygen atoms in total. The summed E-state index contributed by atoms with van der Waals surface area (Å²) in [6.07, 6.45) is 3.22. The number of benzene rings is 2. The minimum atomic E-state index is -1.75. The number of imidazole rings is 1. The van der Waals surface area contributed by atoms with E-state index in [2.05, 4.69) is 10.6 Å². The molecule has 3 N–H and O–H groups in total. The highest BCUT2D eigenvalue weighted by Gasteiger charge is 2.40. The van der Waals surface area contributed by atoms with Crippen LogP contribution in [0.25, 0.3) is 0 Å². The van der Waals surface area contributed by atoms with Gasteiger partial charge in [-0.3, -0.25) is 14.2 Å². The van der Waals surface area contributed by atoms with Gasteiger partial charge in [0.05, 0.1) is 31.9 Å². The molecule has 0 saturated carbocycles. The molecule has 220 valence electrons. The zero-order valence-electron chi connectivity index (χ0n) is 24.0. The molecule has 0 saturated heterocycles. The van der Waals surface area contributed by atoms with Crippen molar-refractivity contribution in [3.05, 3.63) is 64.6 Å². The molecule has 11 heteroatoms. The fourth-order valence-electron chi connectivity index (χ4n) is 4.13. The van der Waals surface area contributed by atoms with E-state index in [-0.39, 0.29) is 24.7 Å². The van der Waals surface area contributed by atoms with Crippen LogP contribution in [0.2, 0.25) is 0 Å². The second-order valence-corrected chi connectivity index (χ2v) is 10.4. The minimum Gasteiger partial charge on any atom is -0.492 e. The van der Waals surface area contributed by atoms with Crippen LogP contribution in [-0.4, -0.2) is 45.6 Å². The monoisotopic (exact) mass is 565 g/mol. The van der Waals surface area contributed by atoms with E-state index in [0.717, 1.165) is 23.0 Å². The van der Waals surface area contributed by atoms with E-state index in [9.17, 15) is 24.3 Å². The van der Waals surface area contributed by atoms with Crippen molar-refractivity contribution in [3.8, 4) is 17.5 Å². The van der Waals surface area contributed by atoms with Crippen LogP contribution < -0.4 is 25.8 Å². The number of aromatic nitrogens is 2. The number of carbonyl (C=O) groups is 2.